The van der Waals surface area contributed by atoms with Gasteiger partial charge in [0.1, 0.15) is 6.61 Å². The van der Waals surface area contributed by atoms with E-state index in [4.69, 9.17) is 9.47 Å². The summed E-state index contributed by atoms with van der Waals surface area (Å²) in [6.07, 6.45) is -0.107. The lowest BCUT2D eigenvalue weighted by Crippen LogP contribution is -2.51. The zero-order valence-electron chi connectivity index (χ0n) is 19.3. The van der Waals surface area contributed by atoms with Crippen molar-refractivity contribution in [1.82, 2.24) is 10.2 Å². The zero-order chi connectivity index (χ0) is 24.1. The molecule has 6 rings (SSSR count). The molecular formula is C27H28N2O6. The van der Waals surface area contributed by atoms with E-state index in [9.17, 15) is 19.5 Å². The van der Waals surface area contributed by atoms with Crippen molar-refractivity contribution in [2.75, 3.05) is 26.3 Å². The van der Waals surface area contributed by atoms with Gasteiger partial charge in [-0.2, -0.15) is 0 Å². The van der Waals surface area contributed by atoms with Gasteiger partial charge in [-0.3, -0.25) is 9.59 Å². The number of hydrogen-bond acceptors (Lipinski definition) is 5. The molecule has 2 N–H and O–H groups in total. The Morgan fingerprint density at radius 3 is 2.37 bits per heavy atom. The van der Waals surface area contributed by atoms with Gasteiger partial charge in [-0.1, -0.05) is 48.5 Å². The SMILES string of the molecule is O=C(NC1CCOC1C(=O)N1CCC2C(C1)C2C(=O)O)OCC1c2ccccc2-c2ccccc21. The molecule has 4 aliphatic rings. The lowest BCUT2D eigenvalue weighted by atomic mass is 9.98. The van der Waals surface area contributed by atoms with Gasteiger partial charge in [-0.25, -0.2) is 4.79 Å². The quantitative estimate of drug-likeness (QED) is 0.688. The second kappa shape index (κ2) is 8.68. The normalized spacial score (nSPS) is 28.6. The lowest BCUT2D eigenvalue weighted by molar-refractivity contribution is -0.143. The van der Waals surface area contributed by atoms with E-state index in [0.717, 1.165) is 22.3 Å². The highest BCUT2D eigenvalue weighted by Crippen LogP contribution is 2.51. The number of nitrogens with one attached hydrogen (secondary N) is 1. The number of likely N-dealkylation sites (tertiary alicyclic amines) is 1. The minimum atomic E-state index is -0.777. The van der Waals surface area contributed by atoms with E-state index in [1.54, 1.807) is 4.90 Å². The van der Waals surface area contributed by atoms with E-state index in [0.29, 0.717) is 32.5 Å². The fourth-order valence-corrected chi connectivity index (χ4v) is 6.26. The Kier molecular flexibility index (Phi) is 5.48. The van der Waals surface area contributed by atoms with Gasteiger partial charge in [0.15, 0.2) is 6.10 Å². The van der Waals surface area contributed by atoms with Gasteiger partial charge >= 0.3 is 12.1 Å². The molecule has 0 aromatic heterocycles. The van der Waals surface area contributed by atoms with Crippen molar-refractivity contribution in [3.63, 3.8) is 0 Å². The van der Waals surface area contributed by atoms with Crippen LogP contribution in [-0.4, -0.2) is 66.4 Å². The average molecular weight is 477 g/mol. The minimum Gasteiger partial charge on any atom is -0.481 e. The monoisotopic (exact) mass is 476 g/mol. The molecular weight excluding hydrogens is 448 g/mol. The molecule has 182 valence electrons. The highest BCUT2D eigenvalue weighted by molar-refractivity contribution is 5.84. The number of ether oxygens (including phenoxy) is 2. The molecule has 2 saturated heterocycles. The maximum Gasteiger partial charge on any atom is 0.407 e. The lowest BCUT2D eigenvalue weighted by Gasteiger charge is -2.30. The number of carboxylic acid groups (broad SMARTS) is 1. The first kappa shape index (κ1) is 22.1. The molecule has 2 aromatic rings. The maximum atomic E-state index is 13.1. The summed E-state index contributed by atoms with van der Waals surface area (Å²) in [6, 6.07) is 15.8. The number of carboxylic acids is 1. The first-order valence-corrected chi connectivity index (χ1v) is 12.3. The van der Waals surface area contributed by atoms with Crippen molar-refractivity contribution < 1.29 is 29.0 Å². The van der Waals surface area contributed by atoms with Crippen molar-refractivity contribution in [1.29, 1.82) is 0 Å². The van der Waals surface area contributed by atoms with E-state index in [2.05, 4.69) is 29.6 Å². The molecule has 0 bridgehead atoms. The Hall–Kier alpha value is -3.39. The summed E-state index contributed by atoms with van der Waals surface area (Å²) in [6.45, 7) is 1.56. The third-order valence-electron chi connectivity index (χ3n) is 8.07. The molecule has 5 unspecified atom stereocenters. The van der Waals surface area contributed by atoms with Gasteiger partial charge in [-0.05, 0) is 46.9 Å². The first-order chi connectivity index (χ1) is 17.0. The summed E-state index contributed by atoms with van der Waals surface area (Å²) < 4.78 is 11.3. The van der Waals surface area contributed by atoms with Crippen LogP contribution in [0.2, 0.25) is 0 Å². The van der Waals surface area contributed by atoms with Crippen LogP contribution in [0.15, 0.2) is 48.5 Å². The topological polar surface area (TPSA) is 105 Å². The summed E-state index contributed by atoms with van der Waals surface area (Å²) in [5.74, 6) is -1.13. The Morgan fingerprint density at radius 2 is 1.69 bits per heavy atom. The number of amides is 2. The first-order valence-electron chi connectivity index (χ1n) is 12.3. The Bertz CT molecular complexity index is 1140. The molecule has 2 aromatic carbocycles. The Morgan fingerprint density at radius 1 is 1.00 bits per heavy atom. The van der Waals surface area contributed by atoms with Crippen LogP contribution in [0.25, 0.3) is 11.1 Å². The third kappa shape index (κ3) is 3.86. The molecule has 1 saturated carbocycles. The number of aliphatic carboxylic acids is 1. The molecule has 0 radical (unpaired) electrons. The number of fused-ring (bicyclic) bond motifs is 4. The molecule has 3 fully saturated rings. The van der Waals surface area contributed by atoms with Gasteiger partial charge in [0.05, 0.1) is 12.0 Å². The average Bonchev–Trinajstić information content (AvgIpc) is 3.27. The largest absolute Gasteiger partial charge is 0.481 e. The molecule has 2 aliphatic carbocycles. The van der Waals surface area contributed by atoms with Crippen molar-refractivity contribution in [3.05, 3.63) is 59.7 Å². The summed E-state index contributed by atoms with van der Waals surface area (Å²) in [4.78, 5) is 38.9. The molecule has 8 nitrogen and oxygen atoms in total. The number of carbonyl (C=O) groups is 3. The summed E-state index contributed by atoms with van der Waals surface area (Å²) in [5, 5.41) is 12.2. The third-order valence-corrected chi connectivity index (χ3v) is 8.07. The van der Waals surface area contributed by atoms with E-state index >= 15 is 0 Å². The summed E-state index contributed by atoms with van der Waals surface area (Å²) in [5.41, 5.74) is 4.61. The van der Waals surface area contributed by atoms with Gasteiger partial charge in [-0.15, -0.1) is 0 Å². The molecule has 2 amide bonds. The van der Waals surface area contributed by atoms with Crippen LogP contribution in [-0.2, 0) is 19.1 Å². The van der Waals surface area contributed by atoms with E-state index in [1.165, 1.54) is 0 Å². The second-order valence-electron chi connectivity index (χ2n) is 9.92. The number of alkyl carbamates (subject to hydrolysis) is 1. The molecule has 2 heterocycles. The van der Waals surface area contributed by atoms with Crippen molar-refractivity contribution in [3.8, 4) is 11.1 Å². The zero-order valence-corrected chi connectivity index (χ0v) is 19.3. The van der Waals surface area contributed by atoms with E-state index < -0.39 is 24.2 Å². The molecule has 2 aliphatic heterocycles. The predicted molar refractivity (Wildman–Crippen MR) is 126 cm³/mol. The number of piperidine rings is 1. The van der Waals surface area contributed by atoms with Gasteiger partial charge in [0.25, 0.3) is 5.91 Å². The van der Waals surface area contributed by atoms with Crippen LogP contribution < -0.4 is 5.32 Å². The van der Waals surface area contributed by atoms with Crippen molar-refractivity contribution in [2.24, 2.45) is 17.8 Å². The fourth-order valence-electron chi connectivity index (χ4n) is 6.26. The predicted octanol–water partition coefficient (Wildman–Crippen LogP) is 2.86. The molecule has 8 heteroatoms. The van der Waals surface area contributed by atoms with Crippen LogP contribution in [0.3, 0.4) is 0 Å². The number of hydrogen-bond donors (Lipinski definition) is 2. The van der Waals surface area contributed by atoms with Crippen molar-refractivity contribution >= 4 is 18.0 Å². The standard InChI is InChI=1S/C27H28N2O6/c30-25(29-11-9-19-20(13-29)23(19)26(31)32)24-22(10-12-34-24)28-27(33)35-14-21-17-7-3-1-5-15(17)16-6-2-4-8-18(16)21/h1-8,19-24H,9-14H2,(H,28,33)(H,31,32). The van der Waals surface area contributed by atoms with Crippen LogP contribution >= 0.6 is 0 Å². The Labute approximate surface area is 203 Å². The number of carbonyl (C=O) groups excluding carboxylic acids is 2. The fraction of sp³-hybridized carbons (Fsp3) is 0.444. The van der Waals surface area contributed by atoms with E-state index in [1.807, 2.05) is 24.3 Å². The maximum absolute atomic E-state index is 13.1. The summed E-state index contributed by atoms with van der Waals surface area (Å²) >= 11 is 0. The highest BCUT2D eigenvalue weighted by atomic mass is 16.6. The smallest absolute Gasteiger partial charge is 0.407 e. The van der Waals surface area contributed by atoms with Gasteiger partial charge in [0, 0.05) is 25.6 Å². The molecule has 35 heavy (non-hydrogen) atoms. The van der Waals surface area contributed by atoms with Crippen LogP contribution in [0.5, 0.6) is 0 Å². The summed E-state index contributed by atoms with van der Waals surface area (Å²) in [7, 11) is 0. The van der Waals surface area contributed by atoms with Crippen LogP contribution in [0.4, 0.5) is 4.79 Å². The Balaban J connectivity index is 1.07. The number of nitrogens with zero attached hydrogens (tertiary/aromatic N) is 1. The minimum absolute atomic E-state index is 0.0279. The van der Waals surface area contributed by atoms with Gasteiger partial charge < -0.3 is 24.8 Å². The van der Waals surface area contributed by atoms with Crippen molar-refractivity contribution in [2.45, 2.75) is 30.9 Å². The van der Waals surface area contributed by atoms with Crippen LogP contribution in [0, 0.1) is 17.8 Å². The molecule has 0 spiro atoms. The highest BCUT2D eigenvalue weighted by Gasteiger charge is 2.58. The molecule has 5 atom stereocenters. The van der Waals surface area contributed by atoms with Crippen LogP contribution in [0.1, 0.15) is 29.9 Å². The van der Waals surface area contributed by atoms with E-state index in [-0.39, 0.29) is 36.2 Å². The number of rotatable bonds is 5. The second-order valence-corrected chi connectivity index (χ2v) is 9.92. The number of benzene rings is 2. The van der Waals surface area contributed by atoms with Gasteiger partial charge in [0.2, 0.25) is 0 Å².